The van der Waals surface area contributed by atoms with Gasteiger partial charge in [0.1, 0.15) is 12.4 Å². The lowest BCUT2D eigenvalue weighted by Crippen LogP contribution is -2.28. The number of nitrogens with one attached hydrogen (secondary N) is 1. The third kappa shape index (κ3) is 7.01. The van der Waals surface area contributed by atoms with Crippen LogP contribution in [0.4, 0.5) is 4.79 Å². The van der Waals surface area contributed by atoms with E-state index in [1.807, 2.05) is 31.2 Å². The first kappa shape index (κ1) is 27.8. The minimum atomic E-state index is -0.750. The Morgan fingerprint density at radius 1 is 1.03 bits per heavy atom. The van der Waals surface area contributed by atoms with Crippen molar-refractivity contribution in [2.24, 2.45) is 0 Å². The molecule has 0 aliphatic carbocycles. The summed E-state index contributed by atoms with van der Waals surface area (Å²) in [5.74, 6) is 0.186. The van der Waals surface area contributed by atoms with Gasteiger partial charge in [-0.1, -0.05) is 87.1 Å². The van der Waals surface area contributed by atoms with Crippen molar-refractivity contribution in [3.63, 3.8) is 0 Å². The summed E-state index contributed by atoms with van der Waals surface area (Å²) in [6.07, 6.45) is 5.85. The maximum Gasteiger partial charge on any atom is 0.513 e. The Hall–Kier alpha value is -3.19. The zero-order chi connectivity index (χ0) is 26.9. The number of benzene rings is 2. The van der Waals surface area contributed by atoms with Crippen LogP contribution in [-0.4, -0.2) is 25.3 Å². The van der Waals surface area contributed by atoms with Gasteiger partial charge in [0.25, 0.3) is 0 Å². The first-order valence-corrected chi connectivity index (χ1v) is 14.5. The van der Waals surface area contributed by atoms with Crippen LogP contribution in [0.5, 0.6) is 0 Å². The topological polar surface area (TPSA) is 73.9 Å². The molecule has 1 atom stereocenters. The molecule has 2 aliphatic rings. The first-order chi connectivity index (χ1) is 18.5. The zero-order valence-electron chi connectivity index (χ0n) is 22.5. The van der Waals surface area contributed by atoms with Crippen molar-refractivity contribution >= 4 is 23.9 Å². The number of carbonyl (C=O) groups is 2. The highest BCUT2D eigenvalue weighted by atomic mass is 32.2. The van der Waals surface area contributed by atoms with Crippen LogP contribution >= 0.6 is 11.8 Å². The molecule has 38 heavy (non-hydrogen) atoms. The molecule has 0 radical (unpaired) electrons. The van der Waals surface area contributed by atoms with E-state index in [1.54, 1.807) is 11.8 Å². The molecule has 0 saturated carbocycles. The molecule has 2 aliphatic heterocycles. The quantitative estimate of drug-likeness (QED) is 0.171. The summed E-state index contributed by atoms with van der Waals surface area (Å²) >= 11 is 1.69. The summed E-state index contributed by atoms with van der Waals surface area (Å²) in [5, 5.41) is 3.22. The molecule has 0 saturated heterocycles. The summed E-state index contributed by atoms with van der Waals surface area (Å²) in [4.78, 5) is 26.6. The van der Waals surface area contributed by atoms with Crippen LogP contribution in [0, 0.1) is 6.92 Å². The van der Waals surface area contributed by atoms with E-state index in [4.69, 9.17) is 14.2 Å². The van der Waals surface area contributed by atoms with Gasteiger partial charge < -0.3 is 19.5 Å². The Morgan fingerprint density at radius 2 is 1.76 bits per heavy atom. The molecular weight excluding hydrogens is 498 g/mol. The number of hydrogen-bond acceptors (Lipinski definition) is 7. The summed E-state index contributed by atoms with van der Waals surface area (Å²) in [6.45, 7) is 6.60. The molecule has 6 nitrogen and oxygen atoms in total. The van der Waals surface area contributed by atoms with E-state index in [2.05, 4.69) is 43.4 Å². The summed E-state index contributed by atoms with van der Waals surface area (Å²) in [5.41, 5.74) is 5.19. The van der Waals surface area contributed by atoms with Crippen LogP contribution in [0.3, 0.4) is 0 Å². The van der Waals surface area contributed by atoms with E-state index in [1.165, 1.54) is 30.4 Å². The number of rotatable bonds is 12. The van der Waals surface area contributed by atoms with Gasteiger partial charge in [-0.15, -0.1) is 11.8 Å². The van der Waals surface area contributed by atoms with E-state index < -0.39 is 18.0 Å². The summed E-state index contributed by atoms with van der Waals surface area (Å²) < 4.78 is 16.6. The van der Waals surface area contributed by atoms with Gasteiger partial charge in [-0.25, -0.2) is 9.59 Å². The van der Waals surface area contributed by atoms with Crippen LogP contribution in [0.15, 0.2) is 76.2 Å². The fraction of sp³-hybridized carbons (Fsp3) is 0.419. The number of allylic oxidation sites excluding steroid dienone is 2. The number of ether oxygens (including phenoxy) is 3. The van der Waals surface area contributed by atoms with Crippen molar-refractivity contribution in [2.45, 2.75) is 75.9 Å². The van der Waals surface area contributed by atoms with Crippen molar-refractivity contribution in [3.05, 3.63) is 87.9 Å². The number of thioether (sulfide) groups is 1. The van der Waals surface area contributed by atoms with Gasteiger partial charge >= 0.3 is 12.1 Å². The molecule has 2 aromatic rings. The monoisotopic (exact) mass is 535 g/mol. The smallest absolute Gasteiger partial charge is 0.456 e. The Bertz CT molecular complexity index is 1200. The number of hydrogen-bond donors (Lipinski definition) is 1. The lowest BCUT2D eigenvalue weighted by atomic mass is 9.85. The summed E-state index contributed by atoms with van der Waals surface area (Å²) in [6, 6.07) is 16.4. The normalized spacial score (nSPS) is 16.7. The van der Waals surface area contributed by atoms with Gasteiger partial charge in [-0.3, -0.25) is 0 Å². The van der Waals surface area contributed by atoms with E-state index in [-0.39, 0.29) is 6.61 Å². The lowest BCUT2D eigenvalue weighted by Gasteiger charge is -2.28. The van der Waals surface area contributed by atoms with Gasteiger partial charge in [0.2, 0.25) is 0 Å². The molecule has 2 aromatic carbocycles. The molecule has 2 heterocycles. The van der Waals surface area contributed by atoms with Crippen LogP contribution < -0.4 is 5.32 Å². The molecular formula is C31H37NO5S. The Kier molecular flexibility index (Phi) is 9.93. The highest BCUT2D eigenvalue weighted by molar-refractivity contribution is 7.98. The highest BCUT2D eigenvalue weighted by Crippen LogP contribution is 2.44. The molecule has 0 amide bonds. The van der Waals surface area contributed by atoms with E-state index in [9.17, 15) is 9.59 Å². The molecule has 202 valence electrons. The molecule has 0 fully saturated rings. The van der Waals surface area contributed by atoms with Crippen molar-refractivity contribution in [2.75, 3.05) is 13.2 Å². The molecule has 0 spiro atoms. The van der Waals surface area contributed by atoms with Crippen molar-refractivity contribution in [1.82, 2.24) is 5.32 Å². The molecule has 0 aromatic heterocycles. The molecule has 1 N–H and O–H groups in total. The zero-order valence-corrected chi connectivity index (χ0v) is 23.3. The van der Waals surface area contributed by atoms with Crippen molar-refractivity contribution in [3.8, 4) is 0 Å². The SMILES string of the molecule is CCCCCCCCOC(=O)OC1=C(C)NC2=C(C(=O)OC2)C1c1ccccc1SCc1ccc(C)cc1. The highest BCUT2D eigenvalue weighted by Gasteiger charge is 2.42. The van der Waals surface area contributed by atoms with Gasteiger partial charge in [0, 0.05) is 10.6 Å². The number of esters is 1. The standard InChI is InChI=1S/C31H37NO5S/c1-4-5-6-7-8-11-18-35-31(34)37-29-22(3)32-25-19-36-30(33)28(25)27(29)24-12-9-10-13-26(24)38-20-23-16-14-21(2)15-17-23/h9-10,12-17,27,32H,4-8,11,18-20H2,1-3H3. The molecule has 4 rings (SSSR count). The van der Waals surface area contributed by atoms with Gasteiger partial charge in [-0.05, 0) is 37.5 Å². The number of cyclic esters (lactones) is 1. The molecule has 0 bridgehead atoms. The average molecular weight is 536 g/mol. The minimum Gasteiger partial charge on any atom is -0.456 e. The second-order valence-electron chi connectivity index (χ2n) is 9.80. The van der Waals surface area contributed by atoms with Gasteiger partial charge in [-0.2, -0.15) is 0 Å². The Balaban J connectivity index is 1.51. The Morgan fingerprint density at radius 3 is 2.55 bits per heavy atom. The van der Waals surface area contributed by atoms with Crippen LogP contribution in [0.25, 0.3) is 0 Å². The van der Waals surface area contributed by atoms with Crippen molar-refractivity contribution < 1.29 is 23.8 Å². The number of dihydropyridines is 1. The predicted octanol–water partition coefficient (Wildman–Crippen LogP) is 7.53. The third-order valence-electron chi connectivity index (χ3n) is 6.81. The molecule has 1 unspecified atom stereocenters. The number of unbranched alkanes of at least 4 members (excludes halogenated alkanes) is 5. The van der Waals surface area contributed by atoms with Crippen molar-refractivity contribution in [1.29, 1.82) is 0 Å². The van der Waals surface area contributed by atoms with E-state index in [0.29, 0.717) is 29.3 Å². The maximum atomic E-state index is 12.9. The van der Waals surface area contributed by atoms with Crippen LogP contribution in [0.1, 0.15) is 75.0 Å². The predicted molar refractivity (Wildman–Crippen MR) is 150 cm³/mol. The fourth-order valence-electron chi connectivity index (χ4n) is 4.73. The lowest BCUT2D eigenvalue weighted by molar-refractivity contribution is -0.136. The number of aryl methyl sites for hydroxylation is 1. The average Bonchev–Trinajstić information content (AvgIpc) is 3.28. The molecule has 7 heteroatoms. The Labute approximate surface area is 229 Å². The van der Waals surface area contributed by atoms with Gasteiger partial charge in [0.05, 0.1) is 29.5 Å². The second kappa shape index (κ2) is 13.6. The second-order valence-corrected chi connectivity index (χ2v) is 10.8. The minimum absolute atomic E-state index is 0.177. The first-order valence-electron chi connectivity index (χ1n) is 13.5. The third-order valence-corrected chi connectivity index (χ3v) is 7.97. The maximum absolute atomic E-state index is 12.9. The van der Waals surface area contributed by atoms with E-state index >= 15 is 0 Å². The fourth-order valence-corrected chi connectivity index (χ4v) is 5.77. The van der Waals surface area contributed by atoms with Crippen LogP contribution in [-0.2, 0) is 24.8 Å². The van der Waals surface area contributed by atoms with Gasteiger partial charge in [0.15, 0.2) is 0 Å². The number of carbonyl (C=O) groups excluding carboxylic acids is 2. The largest absolute Gasteiger partial charge is 0.513 e. The summed E-state index contributed by atoms with van der Waals surface area (Å²) in [7, 11) is 0. The van der Waals surface area contributed by atoms with Crippen LogP contribution in [0.2, 0.25) is 0 Å². The van der Waals surface area contributed by atoms with E-state index in [0.717, 1.165) is 35.5 Å².